The Kier molecular flexibility index (Phi) is 5.21. The number of hydrogen-bond donors (Lipinski definition) is 2. The molecule has 0 spiro atoms. The van der Waals surface area contributed by atoms with Crippen molar-refractivity contribution in [2.24, 2.45) is 0 Å². The van der Waals surface area contributed by atoms with Gasteiger partial charge in [-0.05, 0) is 36.8 Å². The predicted molar refractivity (Wildman–Crippen MR) is 82.8 cm³/mol. The summed E-state index contributed by atoms with van der Waals surface area (Å²) in [5.41, 5.74) is 1.65. The number of rotatable bonds is 5. The summed E-state index contributed by atoms with van der Waals surface area (Å²) in [4.78, 5) is 13.1. The van der Waals surface area contributed by atoms with Crippen molar-refractivity contribution >= 4 is 23.4 Å². The summed E-state index contributed by atoms with van der Waals surface area (Å²) in [6.07, 6.45) is 0. The van der Waals surface area contributed by atoms with Gasteiger partial charge in [-0.3, -0.25) is 4.79 Å². The summed E-state index contributed by atoms with van der Waals surface area (Å²) in [6.45, 7) is 1.88. The van der Waals surface area contributed by atoms with Gasteiger partial charge in [0.1, 0.15) is 0 Å². The summed E-state index contributed by atoms with van der Waals surface area (Å²) >= 11 is 1.48. The maximum atomic E-state index is 12.1. The monoisotopic (exact) mass is 287 g/mol. The van der Waals surface area contributed by atoms with E-state index in [9.17, 15) is 4.79 Å². The average molecular weight is 287 g/mol. The van der Waals surface area contributed by atoms with Crippen LogP contribution in [0, 0.1) is 0 Å². The van der Waals surface area contributed by atoms with Gasteiger partial charge in [-0.25, -0.2) is 0 Å². The lowest BCUT2D eigenvalue weighted by atomic mass is 10.2. The van der Waals surface area contributed by atoms with Crippen LogP contribution in [0.5, 0.6) is 0 Å². The van der Waals surface area contributed by atoms with Gasteiger partial charge in [-0.1, -0.05) is 30.3 Å². The molecule has 2 rings (SSSR count). The maximum Gasteiger partial charge on any atom is 0.237 e. The van der Waals surface area contributed by atoms with E-state index >= 15 is 0 Å². The molecule has 104 valence electrons. The molecule has 0 aliphatic carbocycles. The average Bonchev–Trinajstić information content (AvgIpc) is 2.48. The lowest BCUT2D eigenvalue weighted by Crippen LogP contribution is -2.22. The van der Waals surface area contributed by atoms with Crippen LogP contribution in [0.3, 0.4) is 0 Å². The van der Waals surface area contributed by atoms with Gasteiger partial charge in [0.2, 0.25) is 5.91 Å². The lowest BCUT2D eigenvalue weighted by molar-refractivity contribution is -0.115. The van der Waals surface area contributed by atoms with Gasteiger partial charge >= 0.3 is 0 Å². The van der Waals surface area contributed by atoms with Crippen molar-refractivity contribution in [2.75, 3.05) is 5.32 Å². The number of carbonyl (C=O) groups is 1. The summed E-state index contributed by atoms with van der Waals surface area (Å²) in [6, 6.07) is 17.0. The first-order valence-electron chi connectivity index (χ1n) is 6.41. The molecule has 0 saturated heterocycles. The number of carbonyl (C=O) groups excluding carboxylic acids is 1. The molecule has 0 heterocycles. The molecular formula is C16H17NO2S. The zero-order chi connectivity index (χ0) is 14.4. The van der Waals surface area contributed by atoms with Crippen molar-refractivity contribution in [1.82, 2.24) is 0 Å². The first kappa shape index (κ1) is 14.6. The normalized spacial score (nSPS) is 11.9. The molecule has 1 atom stereocenters. The zero-order valence-electron chi connectivity index (χ0n) is 11.2. The van der Waals surface area contributed by atoms with Crippen LogP contribution in [0.4, 0.5) is 5.69 Å². The van der Waals surface area contributed by atoms with Gasteiger partial charge in [-0.15, -0.1) is 11.8 Å². The Morgan fingerprint density at radius 3 is 2.65 bits per heavy atom. The summed E-state index contributed by atoms with van der Waals surface area (Å²) in [5.74, 6) is -0.0319. The van der Waals surface area contributed by atoms with Crippen molar-refractivity contribution in [2.45, 2.75) is 23.7 Å². The van der Waals surface area contributed by atoms with Gasteiger partial charge in [0.25, 0.3) is 0 Å². The van der Waals surface area contributed by atoms with Crippen molar-refractivity contribution in [1.29, 1.82) is 0 Å². The minimum atomic E-state index is -0.204. The molecule has 2 aromatic carbocycles. The number of amides is 1. The second-order valence-electron chi connectivity index (χ2n) is 4.42. The fourth-order valence-corrected chi connectivity index (χ4v) is 2.69. The third kappa shape index (κ3) is 4.11. The number of anilines is 1. The largest absolute Gasteiger partial charge is 0.392 e. The highest BCUT2D eigenvalue weighted by molar-refractivity contribution is 8.00. The first-order chi connectivity index (χ1) is 9.69. The third-order valence-corrected chi connectivity index (χ3v) is 3.90. The molecule has 0 saturated carbocycles. The van der Waals surface area contributed by atoms with E-state index in [4.69, 9.17) is 5.11 Å². The molecule has 2 N–H and O–H groups in total. The Morgan fingerprint density at radius 1 is 1.20 bits per heavy atom. The number of benzene rings is 2. The second-order valence-corrected chi connectivity index (χ2v) is 5.84. The highest BCUT2D eigenvalue weighted by Gasteiger charge is 2.14. The molecule has 1 unspecified atom stereocenters. The van der Waals surface area contributed by atoms with Crippen LogP contribution in [0.2, 0.25) is 0 Å². The van der Waals surface area contributed by atoms with E-state index in [1.165, 1.54) is 11.8 Å². The second kappa shape index (κ2) is 7.12. The van der Waals surface area contributed by atoms with Crippen LogP contribution in [-0.2, 0) is 11.4 Å². The minimum Gasteiger partial charge on any atom is -0.392 e. The van der Waals surface area contributed by atoms with Gasteiger partial charge < -0.3 is 10.4 Å². The van der Waals surface area contributed by atoms with Crippen molar-refractivity contribution in [3.05, 3.63) is 60.2 Å². The molecule has 0 radical (unpaired) electrons. The molecule has 0 aliphatic rings. The van der Waals surface area contributed by atoms with E-state index in [-0.39, 0.29) is 17.8 Å². The third-order valence-electron chi connectivity index (χ3n) is 2.80. The Balaban J connectivity index is 1.97. The van der Waals surface area contributed by atoms with Crippen molar-refractivity contribution in [3.63, 3.8) is 0 Å². The van der Waals surface area contributed by atoms with Crippen molar-refractivity contribution < 1.29 is 9.90 Å². The smallest absolute Gasteiger partial charge is 0.237 e. The highest BCUT2D eigenvalue weighted by Crippen LogP contribution is 2.25. The fourth-order valence-electron chi connectivity index (χ4n) is 1.74. The van der Waals surface area contributed by atoms with Crippen LogP contribution in [0.15, 0.2) is 59.5 Å². The Hall–Kier alpha value is -1.78. The Morgan fingerprint density at radius 2 is 1.95 bits per heavy atom. The van der Waals surface area contributed by atoms with Crippen LogP contribution < -0.4 is 5.32 Å². The van der Waals surface area contributed by atoms with Crippen LogP contribution in [0.1, 0.15) is 12.5 Å². The van der Waals surface area contributed by atoms with E-state index < -0.39 is 0 Å². The Labute approximate surface area is 123 Å². The summed E-state index contributed by atoms with van der Waals surface area (Å²) < 4.78 is 0. The first-order valence-corrected chi connectivity index (χ1v) is 7.29. The molecular weight excluding hydrogens is 270 g/mol. The quantitative estimate of drug-likeness (QED) is 0.830. The van der Waals surface area contributed by atoms with E-state index in [2.05, 4.69) is 5.32 Å². The molecule has 0 bridgehead atoms. The van der Waals surface area contributed by atoms with Gasteiger partial charge in [0.05, 0.1) is 11.9 Å². The molecule has 20 heavy (non-hydrogen) atoms. The lowest BCUT2D eigenvalue weighted by Gasteiger charge is -2.12. The standard InChI is InChI=1S/C16H17NO2S/c1-12(16(19)17-14-7-3-2-4-8-14)20-15-9-5-6-13(10-15)11-18/h2-10,12,18H,11H2,1H3,(H,17,19). The maximum absolute atomic E-state index is 12.1. The molecule has 0 fully saturated rings. The molecule has 0 aromatic heterocycles. The molecule has 2 aromatic rings. The zero-order valence-corrected chi connectivity index (χ0v) is 12.1. The van der Waals surface area contributed by atoms with E-state index in [0.29, 0.717) is 0 Å². The number of aliphatic hydroxyl groups excluding tert-OH is 1. The van der Waals surface area contributed by atoms with E-state index in [1.54, 1.807) is 0 Å². The summed E-state index contributed by atoms with van der Waals surface area (Å²) in [5, 5.41) is 11.8. The van der Waals surface area contributed by atoms with E-state index in [0.717, 1.165) is 16.1 Å². The summed E-state index contributed by atoms with van der Waals surface area (Å²) in [7, 11) is 0. The molecule has 4 heteroatoms. The SMILES string of the molecule is CC(Sc1cccc(CO)c1)C(=O)Nc1ccccc1. The van der Waals surface area contributed by atoms with E-state index in [1.807, 2.05) is 61.5 Å². The number of nitrogens with one attached hydrogen (secondary N) is 1. The Bertz CT molecular complexity index is 572. The fraction of sp³-hybridized carbons (Fsp3) is 0.188. The molecule has 0 aliphatic heterocycles. The predicted octanol–water partition coefficient (Wildman–Crippen LogP) is 3.30. The van der Waals surface area contributed by atoms with Crippen LogP contribution in [-0.4, -0.2) is 16.3 Å². The van der Waals surface area contributed by atoms with Gasteiger partial charge in [-0.2, -0.15) is 0 Å². The van der Waals surface area contributed by atoms with Gasteiger partial charge in [0, 0.05) is 10.6 Å². The number of para-hydroxylation sites is 1. The van der Waals surface area contributed by atoms with Crippen molar-refractivity contribution in [3.8, 4) is 0 Å². The molecule has 1 amide bonds. The molecule has 3 nitrogen and oxygen atoms in total. The van der Waals surface area contributed by atoms with Crippen LogP contribution >= 0.6 is 11.8 Å². The minimum absolute atomic E-state index is 0.0129. The van der Waals surface area contributed by atoms with Crippen LogP contribution in [0.25, 0.3) is 0 Å². The number of hydrogen-bond acceptors (Lipinski definition) is 3. The highest BCUT2D eigenvalue weighted by atomic mass is 32.2. The number of aliphatic hydroxyl groups is 1. The van der Waals surface area contributed by atoms with Gasteiger partial charge in [0.15, 0.2) is 0 Å². The topological polar surface area (TPSA) is 49.3 Å². The number of thioether (sulfide) groups is 1.